The van der Waals surface area contributed by atoms with E-state index < -0.39 is 5.97 Å². The highest BCUT2D eigenvalue weighted by Crippen LogP contribution is 2.13. The Morgan fingerprint density at radius 1 is 1.64 bits per heavy atom. The van der Waals surface area contributed by atoms with Crippen molar-refractivity contribution in [1.29, 1.82) is 0 Å². The van der Waals surface area contributed by atoms with Gasteiger partial charge in [0.25, 0.3) is 0 Å². The molecule has 1 rings (SSSR count). The van der Waals surface area contributed by atoms with Crippen molar-refractivity contribution < 1.29 is 14.3 Å². The molecule has 0 saturated heterocycles. The molecule has 0 amide bonds. The number of rotatable bonds is 2. The van der Waals surface area contributed by atoms with E-state index in [1.807, 2.05) is 0 Å². The second-order valence-electron chi connectivity index (χ2n) is 1.79. The van der Waals surface area contributed by atoms with Crippen LogP contribution in [-0.2, 0) is 4.79 Å². The third-order valence-corrected chi connectivity index (χ3v) is 1.18. The maximum Gasteiger partial charge on any atom is 0.193 e. The summed E-state index contributed by atoms with van der Waals surface area (Å²) in [5.41, 5.74) is 0. The van der Waals surface area contributed by atoms with E-state index in [2.05, 4.69) is 0 Å². The summed E-state index contributed by atoms with van der Waals surface area (Å²) in [5.74, 6) is -0.878. The summed E-state index contributed by atoms with van der Waals surface area (Å²) < 4.78 is 4.82. The average Bonchev–Trinajstić information content (AvgIpc) is 2.31. The number of carboxylic acid groups (broad SMARTS) is 1. The highest BCUT2D eigenvalue weighted by molar-refractivity contribution is 6.28. The summed E-state index contributed by atoms with van der Waals surface area (Å²) in [7, 11) is 0. The fraction of sp³-hybridized carbons (Fsp3) is 0. The molecule has 58 valence electrons. The molecule has 0 aromatic carbocycles. The summed E-state index contributed by atoms with van der Waals surface area (Å²) >= 11 is 5.41. The highest BCUT2D eigenvalue weighted by atomic mass is 35.5. The van der Waals surface area contributed by atoms with Crippen LogP contribution in [0.5, 0.6) is 0 Å². The Labute approximate surface area is 67.9 Å². The van der Waals surface area contributed by atoms with Gasteiger partial charge in [0.05, 0.1) is 5.97 Å². The second-order valence-corrected chi connectivity index (χ2v) is 2.17. The standard InChI is InChI=1S/C7H5ClO3/c8-6-3-1-5(11-6)2-4-7(9)10/h1-4H,(H,9,10)/p-1/b4-2+. The molecule has 1 heterocycles. The van der Waals surface area contributed by atoms with Crippen LogP contribution in [0.1, 0.15) is 5.76 Å². The average molecular weight is 172 g/mol. The van der Waals surface area contributed by atoms with Gasteiger partial charge in [0, 0.05) is 0 Å². The summed E-state index contributed by atoms with van der Waals surface area (Å²) in [6, 6.07) is 3.08. The lowest BCUT2D eigenvalue weighted by Crippen LogP contribution is -2.18. The van der Waals surface area contributed by atoms with Gasteiger partial charge in [-0.25, -0.2) is 0 Å². The number of hydrogen-bond acceptors (Lipinski definition) is 3. The lowest BCUT2D eigenvalue weighted by atomic mass is 10.4. The molecule has 0 radical (unpaired) electrons. The van der Waals surface area contributed by atoms with E-state index in [0.29, 0.717) is 5.76 Å². The van der Waals surface area contributed by atoms with Gasteiger partial charge in [-0.05, 0) is 35.9 Å². The first-order valence-corrected chi connectivity index (χ1v) is 3.20. The molecule has 4 heteroatoms. The Hall–Kier alpha value is -1.22. The van der Waals surface area contributed by atoms with E-state index in [1.165, 1.54) is 12.1 Å². The number of furan rings is 1. The largest absolute Gasteiger partial charge is 0.545 e. The molecule has 1 aromatic heterocycles. The Morgan fingerprint density at radius 2 is 2.36 bits per heavy atom. The lowest BCUT2D eigenvalue weighted by molar-refractivity contribution is -0.297. The van der Waals surface area contributed by atoms with Gasteiger partial charge in [0.2, 0.25) is 0 Å². The van der Waals surface area contributed by atoms with E-state index in [0.717, 1.165) is 6.08 Å². The monoisotopic (exact) mass is 171 g/mol. The minimum Gasteiger partial charge on any atom is -0.545 e. The van der Waals surface area contributed by atoms with Crippen molar-refractivity contribution in [2.45, 2.75) is 0 Å². The SMILES string of the molecule is O=C([O-])/C=C/c1ccc(Cl)o1. The van der Waals surface area contributed by atoms with Gasteiger partial charge in [-0.15, -0.1) is 0 Å². The molecule has 0 aliphatic rings. The maximum absolute atomic E-state index is 9.91. The maximum atomic E-state index is 9.91. The molecular formula is C7H4ClO3-. The van der Waals surface area contributed by atoms with Crippen LogP contribution in [0, 0.1) is 0 Å². The molecule has 0 atom stereocenters. The summed E-state index contributed by atoms with van der Waals surface area (Å²) in [5, 5.41) is 10.1. The van der Waals surface area contributed by atoms with Crippen LogP contribution in [0.25, 0.3) is 6.08 Å². The van der Waals surface area contributed by atoms with Crippen molar-refractivity contribution in [3.8, 4) is 0 Å². The summed E-state index contributed by atoms with van der Waals surface area (Å²) in [4.78, 5) is 9.91. The van der Waals surface area contributed by atoms with Crippen LogP contribution in [0.3, 0.4) is 0 Å². The number of aliphatic carboxylic acids is 1. The van der Waals surface area contributed by atoms with Crippen molar-refractivity contribution >= 4 is 23.6 Å². The molecule has 0 spiro atoms. The molecule has 11 heavy (non-hydrogen) atoms. The Bertz CT molecular complexity index is 288. The van der Waals surface area contributed by atoms with E-state index in [-0.39, 0.29) is 5.22 Å². The van der Waals surface area contributed by atoms with Crippen molar-refractivity contribution in [1.82, 2.24) is 0 Å². The van der Waals surface area contributed by atoms with Gasteiger partial charge in [0.15, 0.2) is 5.22 Å². The molecule has 0 aliphatic heterocycles. The van der Waals surface area contributed by atoms with Crippen LogP contribution in [0.4, 0.5) is 0 Å². The number of hydrogen-bond donors (Lipinski definition) is 0. The zero-order valence-corrected chi connectivity index (χ0v) is 6.17. The van der Waals surface area contributed by atoms with Gasteiger partial charge < -0.3 is 14.3 Å². The van der Waals surface area contributed by atoms with Crippen molar-refractivity contribution in [2.75, 3.05) is 0 Å². The zero-order valence-electron chi connectivity index (χ0n) is 5.41. The van der Waals surface area contributed by atoms with E-state index in [4.69, 9.17) is 16.0 Å². The molecule has 0 N–H and O–H groups in total. The molecular weight excluding hydrogens is 168 g/mol. The number of carbonyl (C=O) groups excluding carboxylic acids is 1. The first kappa shape index (κ1) is 7.88. The first-order valence-electron chi connectivity index (χ1n) is 2.83. The molecule has 0 fully saturated rings. The number of carboxylic acids is 1. The molecule has 3 nitrogen and oxygen atoms in total. The Balaban J connectivity index is 2.71. The van der Waals surface area contributed by atoms with Crippen LogP contribution < -0.4 is 5.11 Å². The van der Waals surface area contributed by atoms with Gasteiger partial charge in [-0.3, -0.25) is 0 Å². The third kappa shape index (κ3) is 2.47. The van der Waals surface area contributed by atoms with Gasteiger partial charge >= 0.3 is 0 Å². The van der Waals surface area contributed by atoms with Gasteiger partial charge in [-0.1, -0.05) is 0 Å². The van der Waals surface area contributed by atoms with E-state index in [1.54, 1.807) is 6.07 Å². The second kappa shape index (κ2) is 3.25. The number of carbonyl (C=O) groups is 1. The Morgan fingerprint density at radius 3 is 2.82 bits per heavy atom. The van der Waals surface area contributed by atoms with Crippen molar-refractivity contribution in [3.63, 3.8) is 0 Å². The van der Waals surface area contributed by atoms with Crippen LogP contribution in [0.15, 0.2) is 22.6 Å². The third-order valence-electron chi connectivity index (χ3n) is 0.978. The lowest BCUT2D eigenvalue weighted by Gasteiger charge is -1.87. The molecule has 1 aromatic rings. The Kier molecular flexibility index (Phi) is 2.33. The van der Waals surface area contributed by atoms with Crippen LogP contribution in [0.2, 0.25) is 5.22 Å². The fourth-order valence-electron chi connectivity index (χ4n) is 0.568. The van der Waals surface area contributed by atoms with Crippen LogP contribution in [-0.4, -0.2) is 5.97 Å². The fourth-order valence-corrected chi connectivity index (χ4v) is 0.720. The van der Waals surface area contributed by atoms with Gasteiger partial charge in [0.1, 0.15) is 5.76 Å². The summed E-state index contributed by atoms with van der Waals surface area (Å²) in [6.45, 7) is 0. The van der Waals surface area contributed by atoms with Crippen molar-refractivity contribution in [3.05, 3.63) is 29.2 Å². The smallest absolute Gasteiger partial charge is 0.193 e. The topological polar surface area (TPSA) is 53.3 Å². The van der Waals surface area contributed by atoms with E-state index in [9.17, 15) is 9.90 Å². The molecule has 0 aliphatic carbocycles. The number of halogens is 1. The minimum atomic E-state index is -1.27. The molecule has 0 saturated carbocycles. The first-order chi connectivity index (χ1) is 5.18. The molecule has 0 unspecified atom stereocenters. The predicted molar refractivity (Wildman–Crippen MR) is 37.8 cm³/mol. The zero-order chi connectivity index (χ0) is 8.27. The van der Waals surface area contributed by atoms with E-state index >= 15 is 0 Å². The quantitative estimate of drug-likeness (QED) is 0.616. The minimum absolute atomic E-state index is 0.225. The molecule has 0 bridgehead atoms. The van der Waals surface area contributed by atoms with Crippen molar-refractivity contribution in [2.24, 2.45) is 0 Å². The van der Waals surface area contributed by atoms with Gasteiger partial charge in [-0.2, -0.15) is 0 Å². The van der Waals surface area contributed by atoms with Crippen LogP contribution >= 0.6 is 11.6 Å². The normalized spacial score (nSPS) is 10.6. The predicted octanol–water partition coefficient (Wildman–Crippen LogP) is 0.696. The summed E-state index contributed by atoms with van der Waals surface area (Å²) in [6.07, 6.45) is 2.14. The highest BCUT2D eigenvalue weighted by Gasteiger charge is 1.92.